The summed E-state index contributed by atoms with van der Waals surface area (Å²) >= 11 is 3.22. The molecule has 0 radical (unpaired) electrons. The predicted octanol–water partition coefficient (Wildman–Crippen LogP) is 2.96. The quantitative estimate of drug-likeness (QED) is 0.734. The number of Topliss-reactive ketones (excluding diaryl/α,β-unsaturated/α-hetero) is 3. The highest BCUT2D eigenvalue weighted by Gasteiger charge is 2.46. The molecule has 0 unspecified atom stereocenters. The zero-order valence-electron chi connectivity index (χ0n) is 10.1. The molecule has 0 N–H and O–H groups in total. The summed E-state index contributed by atoms with van der Waals surface area (Å²) in [6.07, 6.45) is 2.42. The second-order valence-electron chi connectivity index (χ2n) is 4.68. The number of carbonyl (C=O) groups excluding carboxylic acids is 3. The van der Waals surface area contributed by atoms with E-state index in [2.05, 4.69) is 22.5 Å². The Labute approximate surface area is 110 Å². The van der Waals surface area contributed by atoms with Crippen molar-refractivity contribution >= 4 is 33.3 Å². The van der Waals surface area contributed by atoms with E-state index in [4.69, 9.17) is 0 Å². The molecule has 0 aromatic carbocycles. The van der Waals surface area contributed by atoms with Crippen LogP contribution >= 0.6 is 15.9 Å². The van der Waals surface area contributed by atoms with Crippen molar-refractivity contribution in [2.45, 2.75) is 45.4 Å². The number of ketones is 3. The van der Waals surface area contributed by atoms with E-state index in [1.54, 1.807) is 0 Å². The summed E-state index contributed by atoms with van der Waals surface area (Å²) in [5, 5.41) is 0. The van der Waals surface area contributed by atoms with Gasteiger partial charge < -0.3 is 4.79 Å². The first-order chi connectivity index (χ1) is 7.88. The molecular weight excluding hydrogens is 284 g/mol. The highest BCUT2D eigenvalue weighted by atomic mass is 79.9. The monoisotopic (exact) mass is 300 g/mol. The number of carbonyl (C=O) groups is 3. The van der Waals surface area contributed by atoms with E-state index in [1.165, 1.54) is 6.92 Å². The lowest BCUT2D eigenvalue weighted by Crippen LogP contribution is -2.42. The van der Waals surface area contributed by atoms with Crippen molar-refractivity contribution in [2.75, 3.05) is 0 Å². The standard InChI is InChI=1S/C13H17BrO3/c1-9(14)8-13(7-6-10(2)15)11(16)4-3-5-12(13)17/h1,3-8H2,2H3. The van der Waals surface area contributed by atoms with Crippen molar-refractivity contribution in [2.24, 2.45) is 5.41 Å². The molecule has 1 aliphatic carbocycles. The van der Waals surface area contributed by atoms with E-state index in [9.17, 15) is 14.4 Å². The van der Waals surface area contributed by atoms with Crippen LogP contribution in [0.4, 0.5) is 0 Å². The van der Waals surface area contributed by atoms with Crippen LogP contribution < -0.4 is 0 Å². The summed E-state index contributed by atoms with van der Waals surface area (Å²) in [7, 11) is 0. The van der Waals surface area contributed by atoms with Gasteiger partial charge in [-0.3, -0.25) is 9.59 Å². The Hall–Kier alpha value is -0.770. The van der Waals surface area contributed by atoms with Crippen molar-refractivity contribution in [1.82, 2.24) is 0 Å². The minimum atomic E-state index is -0.996. The Morgan fingerprint density at radius 1 is 1.35 bits per heavy atom. The lowest BCUT2D eigenvalue weighted by molar-refractivity contribution is -0.144. The molecule has 0 saturated heterocycles. The second kappa shape index (κ2) is 5.71. The van der Waals surface area contributed by atoms with Crippen LogP contribution in [-0.4, -0.2) is 17.3 Å². The summed E-state index contributed by atoms with van der Waals surface area (Å²) in [6.45, 7) is 5.20. The third kappa shape index (κ3) is 3.35. The SMILES string of the molecule is C=C(Br)CC1(CCC(C)=O)C(=O)CCCC1=O. The van der Waals surface area contributed by atoms with Crippen LogP contribution in [0.15, 0.2) is 11.1 Å². The van der Waals surface area contributed by atoms with Crippen LogP contribution in [0, 0.1) is 5.41 Å². The highest BCUT2D eigenvalue weighted by Crippen LogP contribution is 2.40. The summed E-state index contributed by atoms with van der Waals surface area (Å²) < 4.78 is 0.643. The Bertz CT molecular complexity index is 355. The van der Waals surface area contributed by atoms with Crippen LogP contribution in [0.1, 0.15) is 45.4 Å². The first kappa shape index (κ1) is 14.3. The van der Waals surface area contributed by atoms with Crippen LogP contribution in [0.2, 0.25) is 0 Å². The molecule has 1 saturated carbocycles. The summed E-state index contributed by atoms with van der Waals surface area (Å²) in [6, 6.07) is 0. The maximum atomic E-state index is 12.1. The Morgan fingerprint density at radius 2 is 1.88 bits per heavy atom. The third-order valence-corrected chi connectivity index (χ3v) is 3.55. The van der Waals surface area contributed by atoms with E-state index < -0.39 is 5.41 Å². The Balaban J connectivity index is 2.96. The minimum absolute atomic E-state index is 0.00994. The van der Waals surface area contributed by atoms with Crippen molar-refractivity contribution in [3.8, 4) is 0 Å². The van der Waals surface area contributed by atoms with Gasteiger partial charge >= 0.3 is 0 Å². The molecule has 1 rings (SSSR count). The third-order valence-electron chi connectivity index (χ3n) is 3.27. The smallest absolute Gasteiger partial charge is 0.146 e. The number of hydrogen-bond acceptors (Lipinski definition) is 3. The lowest BCUT2D eigenvalue weighted by atomic mass is 9.67. The number of halogens is 1. The van der Waals surface area contributed by atoms with Crippen molar-refractivity contribution in [3.63, 3.8) is 0 Å². The fraction of sp³-hybridized carbons (Fsp3) is 0.615. The van der Waals surface area contributed by atoms with Gasteiger partial charge in [-0.25, -0.2) is 0 Å². The molecule has 0 aliphatic heterocycles. The molecule has 3 nitrogen and oxygen atoms in total. The zero-order chi connectivity index (χ0) is 13.1. The van der Waals surface area contributed by atoms with E-state index in [0.717, 1.165) is 0 Å². The molecule has 0 atom stereocenters. The van der Waals surface area contributed by atoms with Gasteiger partial charge in [0, 0.05) is 19.3 Å². The number of allylic oxidation sites excluding steroid dienone is 1. The molecule has 0 amide bonds. The molecule has 0 spiro atoms. The van der Waals surface area contributed by atoms with Gasteiger partial charge in [-0.1, -0.05) is 22.5 Å². The maximum absolute atomic E-state index is 12.1. The fourth-order valence-electron chi connectivity index (χ4n) is 2.32. The zero-order valence-corrected chi connectivity index (χ0v) is 11.6. The van der Waals surface area contributed by atoms with Gasteiger partial charge in [-0.15, -0.1) is 0 Å². The summed E-state index contributed by atoms with van der Waals surface area (Å²) in [5.41, 5.74) is -0.996. The normalized spacial score (nSPS) is 19.2. The van der Waals surface area contributed by atoms with Gasteiger partial charge in [0.15, 0.2) is 0 Å². The van der Waals surface area contributed by atoms with Crippen molar-refractivity contribution in [1.29, 1.82) is 0 Å². The topological polar surface area (TPSA) is 51.2 Å². The molecule has 0 bridgehead atoms. The van der Waals surface area contributed by atoms with Crippen LogP contribution in [0.3, 0.4) is 0 Å². The first-order valence-corrected chi connectivity index (χ1v) is 6.57. The molecule has 1 aliphatic rings. The van der Waals surface area contributed by atoms with Gasteiger partial charge in [0.1, 0.15) is 17.3 Å². The average Bonchev–Trinajstić information content (AvgIpc) is 2.21. The molecule has 4 heteroatoms. The van der Waals surface area contributed by atoms with Crippen LogP contribution in [0.5, 0.6) is 0 Å². The van der Waals surface area contributed by atoms with Crippen LogP contribution in [0.25, 0.3) is 0 Å². The first-order valence-electron chi connectivity index (χ1n) is 5.78. The van der Waals surface area contributed by atoms with Gasteiger partial charge in [0.25, 0.3) is 0 Å². The summed E-state index contributed by atoms with van der Waals surface area (Å²) in [4.78, 5) is 35.2. The molecule has 0 aromatic rings. The Morgan fingerprint density at radius 3 is 2.29 bits per heavy atom. The molecule has 0 aromatic heterocycles. The predicted molar refractivity (Wildman–Crippen MR) is 68.9 cm³/mol. The largest absolute Gasteiger partial charge is 0.300 e. The minimum Gasteiger partial charge on any atom is -0.300 e. The lowest BCUT2D eigenvalue weighted by Gasteiger charge is -2.34. The van der Waals surface area contributed by atoms with Gasteiger partial charge in [0.05, 0.1) is 5.41 Å². The maximum Gasteiger partial charge on any atom is 0.146 e. The van der Waals surface area contributed by atoms with Crippen molar-refractivity contribution < 1.29 is 14.4 Å². The molecular formula is C13H17BrO3. The number of rotatable bonds is 5. The van der Waals surface area contributed by atoms with Gasteiger partial charge in [-0.05, 0) is 30.7 Å². The van der Waals surface area contributed by atoms with Gasteiger partial charge in [0.2, 0.25) is 0 Å². The fourth-order valence-corrected chi connectivity index (χ4v) is 2.80. The van der Waals surface area contributed by atoms with Crippen molar-refractivity contribution in [3.05, 3.63) is 11.1 Å². The van der Waals surface area contributed by atoms with E-state index >= 15 is 0 Å². The van der Waals surface area contributed by atoms with Crippen LogP contribution in [-0.2, 0) is 14.4 Å². The Kier molecular flexibility index (Phi) is 4.80. The molecule has 1 fully saturated rings. The van der Waals surface area contributed by atoms with Gasteiger partial charge in [-0.2, -0.15) is 0 Å². The molecule has 94 valence electrons. The summed E-state index contributed by atoms with van der Waals surface area (Å²) in [5.74, 6) is -0.0538. The van der Waals surface area contributed by atoms with E-state index in [0.29, 0.717) is 36.6 Å². The second-order valence-corrected chi connectivity index (χ2v) is 5.80. The number of hydrogen-bond donors (Lipinski definition) is 0. The highest BCUT2D eigenvalue weighted by molar-refractivity contribution is 9.11. The van der Waals surface area contributed by atoms with E-state index in [-0.39, 0.29) is 23.8 Å². The molecule has 0 heterocycles. The van der Waals surface area contributed by atoms with E-state index in [1.807, 2.05) is 0 Å². The average molecular weight is 301 g/mol. The molecule has 17 heavy (non-hydrogen) atoms.